The molecule has 28 heavy (non-hydrogen) atoms. The van der Waals surface area contributed by atoms with E-state index in [9.17, 15) is 4.79 Å². The number of aryl methyl sites for hydroxylation is 1. The first-order valence-electron chi connectivity index (χ1n) is 9.15. The van der Waals surface area contributed by atoms with Gasteiger partial charge in [-0.1, -0.05) is 60.2 Å². The predicted octanol–water partition coefficient (Wildman–Crippen LogP) is 4.10. The van der Waals surface area contributed by atoms with Crippen molar-refractivity contribution in [2.24, 2.45) is 10.7 Å². The van der Waals surface area contributed by atoms with E-state index < -0.39 is 0 Å². The van der Waals surface area contributed by atoms with Gasteiger partial charge in [0, 0.05) is 11.4 Å². The van der Waals surface area contributed by atoms with Crippen molar-refractivity contribution in [2.45, 2.75) is 19.9 Å². The fourth-order valence-corrected chi connectivity index (χ4v) is 2.68. The summed E-state index contributed by atoms with van der Waals surface area (Å²) in [5, 5.41) is 6.65. The first-order valence-corrected chi connectivity index (χ1v) is 9.15. The summed E-state index contributed by atoms with van der Waals surface area (Å²) >= 11 is 0. The van der Waals surface area contributed by atoms with Crippen LogP contribution in [0.4, 0.5) is 11.4 Å². The molecule has 0 atom stereocenters. The zero-order chi connectivity index (χ0) is 19.8. The summed E-state index contributed by atoms with van der Waals surface area (Å²) in [7, 11) is 0. The highest BCUT2D eigenvalue weighted by Crippen LogP contribution is 2.13. The molecular weight excluding hydrogens is 348 g/mol. The molecule has 0 aliphatic rings. The molecule has 0 spiro atoms. The van der Waals surface area contributed by atoms with E-state index in [0.717, 1.165) is 22.5 Å². The summed E-state index contributed by atoms with van der Waals surface area (Å²) in [5.74, 6) is 0.308. The fourth-order valence-electron chi connectivity index (χ4n) is 2.68. The highest BCUT2D eigenvalue weighted by Gasteiger charge is 2.04. The maximum Gasteiger partial charge on any atom is 0.221 e. The second-order valence-electron chi connectivity index (χ2n) is 6.61. The van der Waals surface area contributed by atoms with Gasteiger partial charge in [0.2, 0.25) is 11.9 Å². The molecule has 0 bridgehead atoms. The molecule has 0 unspecified atom stereocenters. The Morgan fingerprint density at radius 1 is 0.821 bits per heavy atom. The standard InChI is InChI=1S/C23H24N4O/c1-17-7-11-20(12-8-17)26-23(25-16-19-5-3-2-4-6-19)27-21-13-9-18(10-14-21)15-22(24)28/h2-14H,15-16H2,1H3,(H2,24,28)(H2,25,26,27). The van der Waals surface area contributed by atoms with Crippen molar-refractivity contribution in [1.82, 2.24) is 0 Å². The number of hydrogen-bond donors (Lipinski definition) is 3. The number of rotatable bonds is 6. The molecule has 0 aromatic heterocycles. The molecule has 0 aliphatic carbocycles. The van der Waals surface area contributed by atoms with Gasteiger partial charge in [-0.15, -0.1) is 0 Å². The zero-order valence-corrected chi connectivity index (χ0v) is 15.9. The van der Waals surface area contributed by atoms with Crippen LogP contribution in [0.3, 0.4) is 0 Å². The summed E-state index contributed by atoms with van der Waals surface area (Å²) < 4.78 is 0. The lowest BCUT2D eigenvalue weighted by molar-refractivity contribution is -0.117. The number of nitrogens with one attached hydrogen (secondary N) is 2. The van der Waals surface area contributed by atoms with E-state index >= 15 is 0 Å². The Morgan fingerprint density at radius 2 is 1.39 bits per heavy atom. The van der Waals surface area contributed by atoms with Gasteiger partial charge in [0.05, 0.1) is 13.0 Å². The largest absolute Gasteiger partial charge is 0.369 e. The number of hydrogen-bond acceptors (Lipinski definition) is 2. The van der Waals surface area contributed by atoms with E-state index in [4.69, 9.17) is 10.7 Å². The molecule has 0 radical (unpaired) electrons. The normalized spacial score (nSPS) is 11.1. The Hall–Kier alpha value is -3.60. The maximum atomic E-state index is 11.1. The zero-order valence-electron chi connectivity index (χ0n) is 15.9. The summed E-state index contributed by atoms with van der Waals surface area (Å²) in [5.41, 5.74) is 10.3. The number of carbonyl (C=O) groups excluding carboxylic acids is 1. The molecule has 0 saturated carbocycles. The Morgan fingerprint density at radius 3 is 1.96 bits per heavy atom. The van der Waals surface area contributed by atoms with E-state index in [-0.39, 0.29) is 12.3 Å². The highest BCUT2D eigenvalue weighted by molar-refractivity contribution is 6.03. The van der Waals surface area contributed by atoms with Crippen molar-refractivity contribution in [3.8, 4) is 0 Å². The molecule has 0 heterocycles. The van der Waals surface area contributed by atoms with Gasteiger partial charge >= 0.3 is 0 Å². The smallest absolute Gasteiger partial charge is 0.221 e. The van der Waals surface area contributed by atoms with Crippen molar-refractivity contribution in [3.63, 3.8) is 0 Å². The SMILES string of the molecule is Cc1ccc(NC(=NCc2ccccc2)Nc2ccc(CC(N)=O)cc2)cc1. The third-order valence-corrected chi connectivity index (χ3v) is 4.17. The Labute approximate surface area is 165 Å². The van der Waals surface area contributed by atoms with Gasteiger partial charge in [0.25, 0.3) is 0 Å². The Kier molecular flexibility index (Phi) is 6.41. The third kappa shape index (κ3) is 5.99. The van der Waals surface area contributed by atoms with Crippen molar-refractivity contribution in [2.75, 3.05) is 10.6 Å². The number of aliphatic imine (C=N–C) groups is 1. The van der Waals surface area contributed by atoms with Crippen LogP contribution >= 0.6 is 0 Å². The van der Waals surface area contributed by atoms with Crippen LogP contribution in [0.5, 0.6) is 0 Å². The predicted molar refractivity (Wildman–Crippen MR) is 115 cm³/mol. The minimum Gasteiger partial charge on any atom is -0.369 e. The average Bonchev–Trinajstić information content (AvgIpc) is 2.70. The van der Waals surface area contributed by atoms with Gasteiger partial charge in [-0.05, 0) is 42.3 Å². The van der Waals surface area contributed by atoms with Crippen LogP contribution < -0.4 is 16.4 Å². The number of nitrogens with zero attached hydrogens (tertiary/aromatic N) is 1. The topological polar surface area (TPSA) is 79.5 Å². The molecule has 5 heteroatoms. The van der Waals surface area contributed by atoms with Crippen LogP contribution in [0.15, 0.2) is 83.9 Å². The molecular formula is C23H24N4O. The number of guanidine groups is 1. The van der Waals surface area contributed by atoms with Crippen LogP contribution in [0.1, 0.15) is 16.7 Å². The first kappa shape index (κ1) is 19.2. The summed E-state index contributed by atoms with van der Waals surface area (Å²) in [6.45, 7) is 2.61. The highest BCUT2D eigenvalue weighted by atomic mass is 16.1. The third-order valence-electron chi connectivity index (χ3n) is 4.17. The molecule has 0 aliphatic heterocycles. The number of nitrogens with two attached hydrogens (primary N) is 1. The summed E-state index contributed by atoms with van der Waals surface area (Å²) in [4.78, 5) is 15.8. The molecule has 4 N–H and O–H groups in total. The van der Waals surface area contributed by atoms with E-state index in [1.807, 2.05) is 66.7 Å². The van der Waals surface area contributed by atoms with Gasteiger partial charge < -0.3 is 16.4 Å². The molecule has 5 nitrogen and oxygen atoms in total. The summed E-state index contributed by atoms with van der Waals surface area (Å²) in [6, 6.07) is 25.8. The quantitative estimate of drug-likeness (QED) is 0.450. The van der Waals surface area contributed by atoms with Crippen molar-refractivity contribution in [3.05, 3.63) is 95.6 Å². The van der Waals surface area contributed by atoms with Crippen LogP contribution in [-0.2, 0) is 17.8 Å². The monoisotopic (exact) mass is 372 g/mol. The molecule has 1 amide bonds. The molecule has 0 fully saturated rings. The molecule has 3 aromatic rings. The minimum atomic E-state index is -0.341. The average molecular weight is 372 g/mol. The van der Waals surface area contributed by atoms with E-state index in [0.29, 0.717) is 12.5 Å². The minimum absolute atomic E-state index is 0.233. The van der Waals surface area contributed by atoms with Gasteiger partial charge in [-0.25, -0.2) is 4.99 Å². The van der Waals surface area contributed by atoms with Crippen LogP contribution in [0.25, 0.3) is 0 Å². The number of carbonyl (C=O) groups is 1. The van der Waals surface area contributed by atoms with Crippen molar-refractivity contribution < 1.29 is 4.79 Å². The first-order chi connectivity index (χ1) is 13.6. The Balaban J connectivity index is 1.76. The van der Waals surface area contributed by atoms with Crippen LogP contribution in [-0.4, -0.2) is 11.9 Å². The van der Waals surface area contributed by atoms with E-state index in [1.54, 1.807) is 0 Å². The molecule has 3 rings (SSSR count). The second-order valence-corrected chi connectivity index (χ2v) is 6.61. The maximum absolute atomic E-state index is 11.1. The molecule has 142 valence electrons. The van der Waals surface area contributed by atoms with Gasteiger partial charge in [-0.2, -0.15) is 0 Å². The van der Waals surface area contributed by atoms with Gasteiger partial charge in [0.15, 0.2) is 0 Å². The van der Waals surface area contributed by atoms with Crippen molar-refractivity contribution >= 4 is 23.2 Å². The van der Waals surface area contributed by atoms with Crippen molar-refractivity contribution in [1.29, 1.82) is 0 Å². The van der Waals surface area contributed by atoms with E-state index in [1.165, 1.54) is 5.56 Å². The lowest BCUT2D eigenvalue weighted by atomic mass is 10.1. The fraction of sp³-hybridized carbons (Fsp3) is 0.130. The Bertz CT molecular complexity index is 933. The van der Waals surface area contributed by atoms with Crippen LogP contribution in [0.2, 0.25) is 0 Å². The number of amides is 1. The van der Waals surface area contributed by atoms with E-state index in [2.05, 4.69) is 29.7 Å². The lowest BCUT2D eigenvalue weighted by Gasteiger charge is -2.13. The van der Waals surface area contributed by atoms with Gasteiger partial charge in [-0.3, -0.25) is 4.79 Å². The lowest BCUT2D eigenvalue weighted by Crippen LogP contribution is -2.22. The number of primary amides is 1. The van der Waals surface area contributed by atoms with Gasteiger partial charge in [0.1, 0.15) is 0 Å². The number of anilines is 2. The van der Waals surface area contributed by atoms with Crippen LogP contribution in [0, 0.1) is 6.92 Å². The summed E-state index contributed by atoms with van der Waals surface area (Å²) in [6.07, 6.45) is 0.233. The second kappa shape index (κ2) is 9.37. The molecule has 0 saturated heterocycles. The number of benzene rings is 3. The molecule has 3 aromatic carbocycles.